The first-order valence-electron chi connectivity index (χ1n) is 3.51. The zero-order valence-electron chi connectivity index (χ0n) is 5.23. The molecule has 0 spiro atoms. The molecule has 0 bridgehead atoms. The third-order valence-corrected chi connectivity index (χ3v) is 2.43. The number of hydrogen-bond acceptors (Lipinski definition) is 0. The van der Waals surface area contributed by atoms with E-state index in [1.165, 1.54) is 32.1 Å². The summed E-state index contributed by atoms with van der Waals surface area (Å²) >= 11 is 4.97. The molecule has 47 valence electrons. The minimum atomic E-state index is 0.902. The van der Waals surface area contributed by atoms with Gasteiger partial charge in [0, 0.05) is 5.75 Å². The molecular formula is C7H13S. The lowest BCUT2D eigenvalue weighted by molar-refractivity contribution is 0.391. The highest BCUT2D eigenvalue weighted by atomic mass is 32.1. The van der Waals surface area contributed by atoms with Crippen molar-refractivity contribution in [3.8, 4) is 0 Å². The Morgan fingerprint density at radius 2 is 1.75 bits per heavy atom. The van der Waals surface area contributed by atoms with Gasteiger partial charge in [0.1, 0.15) is 0 Å². The molecule has 0 nitrogen and oxygen atoms in total. The molecule has 0 atom stereocenters. The first kappa shape index (κ1) is 6.47. The van der Waals surface area contributed by atoms with Crippen molar-refractivity contribution in [1.29, 1.82) is 0 Å². The molecule has 0 heterocycles. The molecule has 0 saturated heterocycles. The standard InChI is InChI=1S/C7H13S/c8-6-7-4-2-1-3-5-7/h7H,1-6H2. The van der Waals surface area contributed by atoms with Crippen LogP contribution >= 0.6 is 12.6 Å². The largest absolute Gasteiger partial charge is 0.0939 e. The minimum absolute atomic E-state index is 0.902. The summed E-state index contributed by atoms with van der Waals surface area (Å²) in [5, 5.41) is 0. The Bertz CT molecular complexity index is 55.4. The topological polar surface area (TPSA) is 0 Å². The lowest BCUT2D eigenvalue weighted by Gasteiger charge is -2.18. The van der Waals surface area contributed by atoms with Crippen LogP contribution in [0.5, 0.6) is 0 Å². The molecule has 1 aliphatic rings. The van der Waals surface area contributed by atoms with Crippen LogP contribution in [0.25, 0.3) is 0 Å². The summed E-state index contributed by atoms with van der Waals surface area (Å²) in [5.41, 5.74) is 0. The maximum absolute atomic E-state index is 4.97. The van der Waals surface area contributed by atoms with Gasteiger partial charge in [-0.25, -0.2) is 0 Å². The monoisotopic (exact) mass is 129 g/mol. The Hall–Kier alpha value is 0.350. The molecule has 0 unspecified atom stereocenters. The van der Waals surface area contributed by atoms with Crippen molar-refractivity contribution in [3.63, 3.8) is 0 Å². The van der Waals surface area contributed by atoms with Crippen LogP contribution in [0.3, 0.4) is 0 Å². The Morgan fingerprint density at radius 3 is 2.12 bits per heavy atom. The van der Waals surface area contributed by atoms with E-state index in [2.05, 4.69) is 0 Å². The normalized spacial score (nSPS) is 23.6. The third-order valence-electron chi connectivity index (χ3n) is 1.96. The van der Waals surface area contributed by atoms with Gasteiger partial charge in [-0.3, -0.25) is 0 Å². The van der Waals surface area contributed by atoms with E-state index in [-0.39, 0.29) is 0 Å². The number of rotatable bonds is 1. The molecule has 0 aromatic carbocycles. The van der Waals surface area contributed by atoms with Crippen molar-refractivity contribution in [2.24, 2.45) is 5.92 Å². The SMILES string of the molecule is [S]CC1CCCCC1. The van der Waals surface area contributed by atoms with Crippen molar-refractivity contribution >= 4 is 12.6 Å². The minimum Gasteiger partial charge on any atom is -0.0939 e. The third kappa shape index (κ3) is 1.70. The lowest BCUT2D eigenvalue weighted by atomic mass is 9.91. The molecule has 0 N–H and O–H groups in total. The summed E-state index contributed by atoms with van der Waals surface area (Å²) in [7, 11) is 0. The zero-order chi connectivity index (χ0) is 5.82. The van der Waals surface area contributed by atoms with Crippen LogP contribution in [0.15, 0.2) is 0 Å². The summed E-state index contributed by atoms with van der Waals surface area (Å²) < 4.78 is 0. The highest BCUT2D eigenvalue weighted by Gasteiger charge is 2.10. The summed E-state index contributed by atoms with van der Waals surface area (Å²) in [5.74, 6) is 1.90. The Labute approximate surface area is 57.1 Å². The summed E-state index contributed by atoms with van der Waals surface area (Å²) in [6, 6.07) is 0. The van der Waals surface area contributed by atoms with E-state index in [9.17, 15) is 0 Å². The highest BCUT2D eigenvalue weighted by Crippen LogP contribution is 2.23. The van der Waals surface area contributed by atoms with E-state index >= 15 is 0 Å². The molecule has 1 saturated carbocycles. The fourth-order valence-corrected chi connectivity index (χ4v) is 1.69. The van der Waals surface area contributed by atoms with E-state index in [1.54, 1.807) is 0 Å². The first-order valence-corrected chi connectivity index (χ1v) is 4.09. The van der Waals surface area contributed by atoms with Gasteiger partial charge in [-0.2, -0.15) is 0 Å². The second-order valence-electron chi connectivity index (χ2n) is 2.67. The smallest absolute Gasteiger partial charge is 0.00653 e. The highest BCUT2D eigenvalue weighted by molar-refractivity contribution is 7.80. The van der Waals surface area contributed by atoms with Crippen LogP contribution < -0.4 is 0 Å². The molecule has 1 aliphatic carbocycles. The van der Waals surface area contributed by atoms with Crippen LogP contribution in [0.1, 0.15) is 32.1 Å². The van der Waals surface area contributed by atoms with Crippen LogP contribution in [-0.2, 0) is 0 Å². The van der Waals surface area contributed by atoms with Crippen LogP contribution in [-0.4, -0.2) is 5.75 Å². The molecule has 1 heteroatoms. The predicted octanol–water partition coefficient (Wildman–Crippen LogP) is 2.76. The molecule has 1 rings (SSSR count). The maximum atomic E-state index is 4.97. The van der Waals surface area contributed by atoms with Crippen molar-refractivity contribution in [2.45, 2.75) is 32.1 Å². The van der Waals surface area contributed by atoms with Crippen molar-refractivity contribution in [3.05, 3.63) is 0 Å². The molecule has 0 aliphatic heterocycles. The van der Waals surface area contributed by atoms with Gasteiger partial charge in [-0.15, -0.1) is 0 Å². The fraction of sp³-hybridized carbons (Fsp3) is 1.00. The lowest BCUT2D eigenvalue weighted by Crippen LogP contribution is -2.06. The van der Waals surface area contributed by atoms with E-state index < -0.39 is 0 Å². The van der Waals surface area contributed by atoms with Gasteiger partial charge in [0.05, 0.1) is 0 Å². The molecule has 0 aromatic heterocycles. The molecule has 1 radical (unpaired) electrons. The van der Waals surface area contributed by atoms with E-state index in [4.69, 9.17) is 12.6 Å². The average Bonchev–Trinajstić information content (AvgIpc) is 1.90. The van der Waals surface area contributed by atoms with Gasteiger partial charge in [-0.1, -0.05) is 31.9 Å². The average molecular weight is 129 g/mol. The quantitative estimate of drug-likeness (QED) is 0.510. The molecular weight excluding hydrogens is 116 g/mol. The Kier molecular flexibility index (Phi) is 2.74. The first-order chi connectivity index (χ1) is 3.93. The van der Waals surface area contributed by atoms with Crippen LogP contribution in [0, 0.1) is 5.92 Å². The second kappa shape index (κ2) is 3.39. The Morgan fingerprint density at radius 1 is 1.12 bits per heavy atom. The summed E-state index contributed by atoms with van der Waals surface area (Å²) in [4.78, 5) is 0. The maximum Gasteiger partial charge on any atom is 0.00653 e. The van der Waals surface area contributed by atoms with E-state index in [0.717, 1.165) is 11.7 Å². The Balaban J connectivity index is 2.13. The molecule has 0 amide bonds. The molecule has 1 fully saturated rings. The van der Waals surface area contributed by atoms with Crippen LogP contribution in [0.4, 0.5) is 0 Å². The van der Waals surface area contributed by atoms with Gasteiger partial charge in [0.25, 0.3) is 0 Å². The second-order valence-corrected chi connectivity index (χ2v) is 3.00. The molecule has 8 heavy (non-hydrogen) atoms. The van der Waals surface area contributed by atoms with E-state index in [0.29, 0.717) is 0 Å². The molecule has 0 aromatic rings. The van der Waals surface area contributed by atoms with Crippen LogP contribution in [0.2, 0.25) is 0 Å². The zero-order valence-corrected chi connectivity index (χ0v) is 6.04. The number of hydrogen-bond donors (Lipinski definition) is 0. The summed E-state index contributed by atoms with van der Waals surface area (Å²) in [6.45, 7) is 0. The fourth-order valence-electron chi connectivity index (χ4n) is 1.35. The van der Waals surface area contributed by atoms with Gasteiger partial charge in [0.2, 0.25) is 0 Å². The van der Waals surface area contributed by atoms with E-state index in [1.807, 2.05) is 0 Å². The predicted molar refractivity (Wildman–Crippen MR) is 39.0 cm³/mol. The van der Waals surface area contributed by atoms with Gasteiger partial charge in [0.15, 0.2) is 0 Å². The van der Waals surface area contributed by atoms with Crippen molar-refractivity contribution in [1.82, 2.24) is 0 Å². The van der Waals surface area contributed by atoms with Gasteiger partial charge < -0.3 is 0 Å². The van der Waals surface area contributed by atoms with Gasteiger partial charge >= 0.3 is 0 Å². The van der Waals surface area contributed by atoms with Crippen molar-refractivity contribution < 1.29 is 0 Å². The van der Waals surface area contributed by atoms with Crippen molar-refractivity contribution in [2.75, 3.05) is 5.75 Å². The summed E-state index contributed by atoms with van der Waals surface area (Å²) in [6.07, 6.45) is 7.13. The van der Waals surface area contributed by atoms with Gasteiger partial charge in [-0.05, 0) is 18.8 Å².